The number of aliphatic hydroxyl groups excluding tert-OH is 10. The third-order valence-corrected chi connectivity index (χ3v) is 8.49. The van der Waals surface area contributed by atoms with E-state index in [1.807, 2.05) is 0 Å². The molecule has 0 aromatic heterocycles. The van der Waals surface area contributed by atoms with Crippen molar-refractivity contribution in [2.75, 3.05) is 26.4 Å². The zero-order valence-electron chi connectivity index (χ0n) is 27.7. The molecule has 3 aliphatic heterocycles. The summed E-state index contributed by atoms with van der Waals surface area (Å²) in [5.74, 6) is -3.55. The number of hydrogen-bond acceptors (Lipinski definition) is 22. The lowest BCUT2D eigenvalue weighted by Gasteiger charge is -2.46. The van der Waals surface area contributed by atoms with Gasteiger partial charge >= 0.3 is 11.9 Å². The molecule has 15 N–H and O–H groups in total. The number of aliphatic hydroxyl groups is 11. The van der Waals surface area contributed by atoms with Crippen LogP contribution in [-0.2, 0) is 47.5 Å². The van der Waals surface area contributed by atoms with Gasteiger partial charge in [-0.3, -0.25) is 0 Å². The quantitative estimate of drug-likeness (QED) is 0.0428. The van der Waals surface area contributed by atoms with E-state index in [4.69, 9.17) is 43.6 Å². The molecular weight excluding hydrogens is 718 g/mol. The van der Waals surface area contributed by atoms with Crippen LogP contribution in [0.25, 0.3) is 0 Å². The first-order valence-corrected chi connectivity index (χ1v) is 16.2. The number of rotatable bonds is 19. The number of carboxylic acids is 2. The van der Waals surface area contributed by atoms with Gasteiger partial charge in [0.1, 0.15) is 67.1 Å². The van der Waals surface area contributed by atoms with Gasteiger partial charge in [0, 0.05) is 6.61 Å². The van der Waals surface area contributed by atoms with Crippen LogP contribution in [0.2, 0.25) is 0 Å². The number of hydrogen-bond donors (Lipinski definition) is 14. The topological polar surface area (TPSA) is 397 Å². The molecule has 24 nitrogen and oxygen atoms in total. The molecule has 3 heterocycles. The summed E-state index contributed by atoms with van der Waals surface area (Å²) < 4.78 is 42.8. The second kappa shape index (κ2) is 20.2. The van der Waals surface area contributed by atoms with Gasteiger partial charge in [0.05, 0.1) is 19.3 Å². The summed E-state index contributed by atoms with van der Waals surface area (Å²) in [6.07, 6.45) is -36.6. The molecule has 0 saturated carbocycles. The summed E-state index contributed by atoms with van der Waals surface area (Å²) in [4.78, 5) is 23.4. The van der Waals surface area contributed by atoms with E-state index in [1.54, 1.807) is 0 Å². The molecule has 18 unspecified atom stereocenters. The minimum absolute atomic E-state index is 0.0632. The molecule has 304 valence electrons. The molecule has 0 bridgehead atoms. The highest BCUT2D eigenvalue weighted by atomic mass is 16.8. The number of carbonyl (C=O) groups is 2. The minimum Gasteiger partial charge on any atom is -0.479 e. The Labute approximate surface area is 294 Å². The van der Waals surface area contributed by atoms with Gasteiger partial charge in [-0.15, -0.1) is 0 Å². The van der Waals surface area contributed by atoms with Crippen LogP contribution in [0.15, 0.2) is 0 Å². The molecule has 3 fully saturated rings. The first-order chi connectivity index (χ1) is 24.5. The predicted octanol–water partition coefficient (Wildman–Crippen LogP) is -8.21. The normalized spacial score (nSPS) is 40.3. The van der Waals surface area contributed by atoms with E-state index in [9.17, 15) is 76.0 Å². The standard InChI is InChI=1S/C28H49NO23/c1-8(46-26-14(35)11(32)12(33)20(51-26)22(39)40)9(6-30)47-28(24(43)44)50-19-16(37)21(23(41)42)52-27(17(19)38)49-18-10(7-31)48-25(15(36)13(18)34)45-5-3-2-4-29/h8-21,24-28,30-38,43-44H,2-7,29H2,1H3,(H,39,40)(H,41,42). The van der Waals surface area contributed by atoms with Gasteiger partial charge in [0.15, 0.2) is 31.1 Å². The Hall–Kier alpha value is -1.86. The second-order valence-corrected chi connectivity index (χ2v) is 12.2. The summed E-state index contributed by atoms with van der Waals surface area (Å²) >= 11 is 0. The molecule has 3 aliphatic rings. The number of aliphatic carboxylic acids is 2. The highest BCUT2D eigenvalue weighted by Crippen LogP contribution is 2.32. The van der Waals surface area contributed by atoms with Gasteiger partial charge in [0.2, 0.25) is 12.6 Å². The van der Waals surface area contributed by atoms with Crippen LogP contribution in [-0.4, -0.2) is 222 Å². The van der Waals surface area contributed by atoms with E-state index >= 15 is 0 Å². The molecule has 0 amide bonds. The fourth-order valence-electron chi connectivity index (χ4n) is 5.54. The van der Waals surface area contributed by atoms with Crippen molar-refractivity contribution in [1.29, 1.82) is 0 Å². The van der Waals surface area contributed by atoms with Crippen molar-refractivity contribution in [1.82, 2.24) is 0 Å². The number of unbranched alkanes of at least 4 members (excludes halogenated alkanes) is 1. The van der Waals surface area contributed by atoms with Crippen LogP contribution < -0.4 is 5.73 Å². The maximum absolute atomic E-state index is 12.0. The Bertz CT molecular complexity index is 1100. The van der Waals surface area contributed by atoms with Gasteiger partial charge < -0.3 is 110 Å². The van der Waals surface area contributed by atoms with Crippen molar-refractivity contribution in [2.24, 2.45) is 5.73 Å². The SMILES string of the molecule is CC(OC1OC(C(=O)O)C(O)C(O)C1O)C(CO)OC(OC1C(O)C(OC2C(CO)OC(OCCCCN)C(O)C2O)OC(C(=O)O)C1O)C(O)O. The summed E-state index contributed by atoms with van der Waals surface area (Å²) in [7, 11) is 0. The van der Waals surface area contributed by atoms with E-state index in [2.05, 4.69) is 0 Å². The summed E-state index contributed by atoms with van der Waals surface area (Å²) in [5, 5.41) is 132. The zero-order valence-corrected chi connectivity index (χ0v) is 27.7. The Morgan fingerprint density at radius 2 is 1.31 bits per heavy atom. The van der Waals surface area contributed by atoms with Gasteiger partial charge in [-0.05, 0) is 26.3 Å². The van der Waals surface area contributed by atoms with Gasteiger partial charge in [-0.2, -0.15) is 0 Å². The highest BCUT2D eigenvalue weighted by molar-refractivity contribution is 5.73. The van der Waals surface area contributed by atoms with Crippen molar-refractivity contribution in [3.63, 3.8) is 0 Å². The lowest BCUT2D eigenvalue weighted by molar-refractivity contribution is -0.376. The van der Waals surface area contributed by atoms with Crippen LogP contribution in [0.1, 0.15) is 19.8 Å². The third-order valence-electron chi connectivity index (χ3n) is 8.49. The molecule has 0 spiro atoms. The fourth-order valence-corrected chi connectivity index (χ4v) is 5.54. The zero-order chi connectivity index (χ0) is 39.0. The van der Waals surface area contributed by atoms with Gasteiger partial charge in [0.25, 0.3) is 0 Å². The van der Waals surface area contributed by atoms with Gasteiger partial charge in [-0.25, -0.2) is 9.59 Å². The van der Waals surface area contributed by atoms with E-state index in [1.165, 1.54) is 0 Å². The molecule has 3 rings (SSSR count). The van der Waals surface area contributed by atoms with E-state index in [0.717, 1.165) is 6.92 Å². The third kappa shape index (κ3) is 10.7. The van der Waals surface area contributed by atoms with Crippen LogP contribution in [0.5, 0.6) is 0 Å². The summed E-state index contributed by atoms with van der Waals surface area (Å²) in [6.45, 7) is -0.278. The Morgan fingerprint density at radius 1 is 0.712 bits per heavy atom. The first kappa shape index (κ1) is 44.5. The average Bonchev–Trinajstić information content (AvgIpc) is 3.09. The highest BCUT2D eigenvalue weighted by Gasteiger charge is 2.54. The Morgan fingerprint density at radius 3 is 1.87 bits per heavy atom. The molecule has 18 atom stereocenters. The lowest BCUT2D eigenvalue weighted by atomic mass is 9.96. The summed E-state index contributed by atoms with van der Waals surface area (Å²) in [5.41, 5.74) is 5.43. The van der Waals surface area contributed by atoms with Crippen molar-refractivity contribution >= 4 is 11.9 Å². The maximum atomic E-state index is 12.0. The lowest BCUT2D eigenvalue weighted by Crippen LogP contribution is -2.66. The largest absolute Gasteiger partial charge is 0.479 e. The van der Waals surface area contributed by atoms with Crippen LogP contribution in [0.4, 0.5) is 0 Å². The maximum Gasteiger partial charge on any atom is 0.335 e. The Kier molecular flexibility index (Phi) is 17.3. The van der Waals surface area contributed by atoms with Crippen molar-refractivity contribution < 1.29 is 114 Å². The number of nitrogens with two attached hydrogens (primary N) is 1. The molecule has 52 heavy (non-hydrogen) atoms. The minimum atomic E-state index is -2.65. The van der Waals surface area contributed by atoms with E-state index in [0.29, 0.717) is 19.4 Å². The molecule has 0 radical (unpaired) electrons. The second-order valence-electron chi connectivity index (χ2n) is 12.2. The van der Waals surface area contributed by atoms with Gasteiger partial charge in [-0.1, -0.05) is 0 Å². The smallest absolute Gasteiger partial charge is 0.335 e. The number of carboxylic acid groups (broad SMARTS) is 2. The molecule has 24 heteroatoms. The van der Waals surface area contributed by atoms with Crippen LogP contribution in [0.3, 0.4) is 0 Å². The van der Waals surface area contributed by atoms with Crippen LogP contribution in [0, 0.1) is 0 Å². The molecule has 0 aromatic rings. The Balaban J connectivity index is 1.76. The monoisotopic (exact) mass is 767 g/mol. The number of ether oxygens (including phenoxy) is 8. The molecule has 3 saturated heterocycles. The molecular formula is C28H49NO23. The van der Waals surface area contributed by atoms with Crippen molar-refractivity contribution in [2.45, 2.75) is 137 Å². The van der Waals surface area contributed by atoms with E-state index in [-0.39, 0.29) is 6.61 Å². The summed E-state index contributed by atoms with van der Waals surface area (Å²) in [6, 6.07) is 0. The predicted molar refractivity (Wildman–Crippen MR) is 159 cm³/mol. The average molecular weight is 768 g/mol. The van der Waals surface area contributed by atoms with Crippen molar-refractivity contribution in [3.8, 4) is 0 Å². The van der Waals surface area contributed by atoms with Crippen molar-refractivity contribution in [3.05, 3.63) is 0 Å². The first-order valence-electron chi connectivity index (χ1n) is 16.2. The fraction of sp³-hybridized carbons (Fsp3) is 0.929. The van der Waals surface area contributed by atoms with E-state index < -0.39 is 142 Å². The molecule has 0 aliphatic carbocycles. The van der Waals surface area contributed by atoms with Crippen LogP contribution >= 0.6 is 0 Å². The molecule has 0 aromatic carbocycles.